The molecule has 7 heteroatoms. The minimum absolute atomic E-state index is 0.0667. The molecule has 1 aromatic heterocycles. The van der Waals surface area contributed by atoms with Crippen LogP contribution in [0.1, 0.15) is 28.1 Å². The second kappa shape index (κ2) is 7.27. The Bertz CT molecular complexity index is 795. The third-order valence-corrected chi connectivity index (χ3v) is 4.47. The molecule has 0 saturated carbocycles. The second-order valence-electron chi connectivity index (χ2n) is 5.25. The molecule has 6 nitrogen and oxygen atoms in total. The van der Waals surface area contributed by atoms with Crippen molar-refractivity contribution in [3.05, 3.63) is 59.5 Å². The molecule has 1 aliphatic rings. The molecule has 1 amide bonds. The Balaban J connectivity index is 1.60. The molecule has 1 saturated heterocycles. The number of hydrogen-bond acceptors (Lipinski definition) is 6. The van der Waals surface area contributed by atoms with E-state index in [2.05, 4.69) is 15.5 Å². The Morgan fingerprint density at radius 1 is 1.33 bits per heavy atom. The highest BCUT2D eigenvalue weighted by molar-refractivity contribution is 8.15. The van der Waals surface area contributed by atoms with E-state index in [1.165, 1.54) is 24.2 Å². The summed E-state index contributed by atoms with van der Waals surface area (Å²) in [5, 5.41) is 10.3. The number of aryl methyl sites for hydroxylation is 1. The van der Waals surface area contributed by atoms with Crippen LogP contribution in [0.15, 0.2) is 57.3 Å². The highest BCUT2D eigenvalue weighted by atomic mass is 32.2. The van der Waals surface area contributed by atoms with E-state index in [-0.39, 0.29) is 18.1 Å². The van der Waals surface area contributed by atoms with Gasteiger partial charge in [-0.3, -0.25) is 9.59 Å². The van der Waals surface area contributed by atoms with Gasteiger partial charge >= 0.3 is 0 Å². The summed E-state index contributed by atoms with van der Waals surface area (Å²) in [5.41, 5.74) is 1.69. The first-order valence-electron chi connectivity index (χ1n) is 7.34. The molecule has 122 valence electrons. The van der Waals surface area contributed by atoms with Gasteiger partial charge in [0.25, 0.3) is 0 Å². The molecule has 1 unspecified atom stereocenters. The Hall–Kier alpha value is -2.67. The number of nitrogens with zero attached hydrogens (tertiary/aromatic N) is 2. The standard InChI is InChI=1S/C17H15N3O3S/c1-11-4-6-12(7-5-11)14(21)9-15-16(22)19-17(24-15)20-18-10-13-3-2-8-23-13/h2-8,10,15H,9H2,1H3,(H,19,20,22)/b18-10-. The highest BCUT2D eigenvalue weighted by Crippen LogP contribution is 2.24. The van der Waals surface area contributed by atoms with Crippen molar-refractivity contribution in [1.82, 2.24) is 5.32 Å². The minimum Gasteiger partial charge on any atom is -0.463 e. The van der Waals surface area contributed by atoms with E-state index < -0.39 is 5.25 Å². The number of carbonyl (C=O) groups excluding carboxylic acids is 2. The summed E-state index contributed by atoms with van der Waals surface area (Å²) in [5.74, 6) is 0.273. The third kappa shape index (κ3) is 3.99. The van der Waals surface area contributed by atoms with Gasteiger partial charge in [-0.25, -0.2) is 0 Å². The maximum Gasteiger partial charge on any atom is 0.240 e. The lowest BCUT2D eigenvalue weighted by atomic mass is 10.0. The van der Waals surface area contributed by atoms with Crippen molar-refractivity contribution in [1.29, 1.82) is 0 Å². The summed E-state index contributed by atoms with van der Waals surface area (Å²) < 4.78 is 5.09. The molecule has 3 rings (SSSR count). The third-order valence-electron chi connectivity index (χ3n) is 3.40. The normalized spacial score (nSPS) is 19.1. The largest absolute Gasteiger partial charge is 0.463 e. The lowest BCUT2D eigenvalue weighted by Gasteiger charge is -2.04. The number of carbonyl (C=O) groups is 2. The molecule has 0 aliphatic carbocycles. The lowest BCUT2D eigenvalue weighted by Crippen LogP contribution is -2.26. The van der Waals surface area contributed by atoms with Crippen LogP contribution in [-0.2, 0) is 4.79 Å². The van der Waals surface area contributed by atoms with E-state index >= 15 is 0 Å². The maximum absolute atomic E-state index is 12.3. The Morgan fingerprint density at radius 3 is 2.83 bits per heavy atom. The first-order valence-corrected chi connectivity index (χ1v) is 8.22. The number of amidine groups is 1. The summed E-state index contributed by atoms with van der Waals surface area (Å²) in [7, 11) is 0. The van der Waals surface area contributed by atoms with Crippen LogP contribution in [0, 0.1) is 6.92 Å². The van der Waals surface area contributed by atoms with Crippen LogP contribution in [0.25, 0.3) is 0 Å². The Morgan fingerprint density at radius 2 is 2.12 bits per heavy atom. The van der Waals surface area contributed by atoms with E-state index in [4.69, 9.17) is 4.42 Å². The number of furan rings is 1. The summed E-state index contributed by atoms with van der Waals surface area (Å²) in [6, 6.07) is 10.8. The van der Waals surface area contributed by atoms with Crippen molar-refractivity contribution in [3.8, 4) is 0 Å². The van der Waals surface area contributed by atoms with E-state index in [1.807, 2.05) is 19.1 Å². The number of benzene rings is 1. The van der Waals surface area contributed by atoms with E-state index in [0.29, 0.717) is 16.5 Å². The second-order valence-corrected chi connectivity index (χ2v) is 6.45. The summed E-state index contributed by atoms with van der Waals surface area (Å²) in [6.07, 6.45) is 3.11. The fraction of sp³-hybridized carbons (Fsp3) is 0.176. The molecule has 1 fully saturated rings. The number of Topliss-reactive ketones (excluding diaryl/α,β-unsaturated/α-hetero) is 1. The molecule has 0 spiro atoms. The van der Waals surface area contributed by atoms with Gasteiger partial charge in [-0.1, -0.05) is 41.6 Å². The zero-order chi connectivity index (χ0) is 16.9. The van der Waals surface area contributed by atoms with Crippen LogP contribution in [0.5, 0.6) is 0 Å². The van der Waals surface area contributed by atoms with Gasteiger partial charge in [0, 0.05) is 12.0 Å². The Labute approximate surface area is 143 Å². The number of nitrogens with one attached hydrogen (secondary N) is 1. The number of rotatable bonds is 5. The molecule has 1 N–H and O–H groups in total. The van der Waals surface area contributed by atoms with Crippen molar-refractivity contribution >= 4 is 34.8 Å². The highest BCUT2D eigenvalue weighted by Gasteiger charge is 2.32. The van der Waals surface area contributed by atoms with Crippen molar-refractivity contribution in [2.75, 3.05) is 0 Å². The quantitative estimate of drug-likeness (QED) is 0.515. The molecule has 24 heavy (non-hydrogen) atoms. The average Bonchev–Trinajstić information content (AvgIpc) is 3.19. The molecule has 0 radical (unpaired) electrons. The van der Waals surface area contributed by atoms with E-state index in [9.17, 15) is 9.59 Å². The number of hydrogen-bond donors (Lipinski definition) is 1. The molecule has 1 aromatic carbocycles. The van der Waals surface area contributed by atoms with Gasteiger partial charge in [-0.2, -0.15) is 5.10 Å². The van der Waals surface area contributed by atoms with Crippen LogP contribution < -0.4 is 5.32 Å². The van der Waals surface area contributed by atoms with Crippen molar-refractivity contribution in [3.63, 3.8) is 0 Å². The first-order chi connectivity index (χ1) is 11.6. The van der Waals surface area contributed by atoms with Crippen molar-refractivity contribution in [2.24, 2.45) is 10.2 Å². The zero-order valence-electron chi connectivity index (χ0n) is 12.9. The molecule has 2 heterocycles. The zero-order valence-corrected chi connectivity index (χ0v) is 13.7. The average molecular weight is 341 g/mol. The fourth-order valence-electron chi connectivity index (χ4n) is 2.12. The molecule has 1 aliphatic heterocycles. The summed E-state index contributed by atoms with van der Waals surface area (Å²) >= 11 is 1.21. The van der Waals surface area contributed by atoms with Gasteiger partial charge in [0.15, 0.2) is 11.0 Å². The van der Waals surface area contributed by atoms with Gasteiger partial charge in [0.1, 0.15) is 5.76 Å². The maximum atomic E-state index is 12.3. The fourth-order valence-corrected chi connectivity index (χ4v) is 3.04. The van der Waals surface area contributed by atoms with E-state index in [1.54, 1.807) is 24.3 Å². The van der Waals surface area contributed by atoms with E-state index in [0.717, 1.165) is 5.56 Å². The van der Waals surface area contributed by atoms with Crippen LogP contribution in [0.4, 0.5) is 0 Å². The minimum atomic E-state index is -0.489. The topological polar surface area (TPSA) is 84.0 Å². The number of thioether (sulfide) groups is 1. The van der Waals surface area contributed by atoms with Crippen molar-refractivity contribution < 1.29 is 14.0 Å². The van der Waals surface area contributed by atoms with Crippen LogP contribution in [0.2, 0.25) is 0 Å². The number of amides is 1. The lowest BCUT2D eigenvalue weighted by molar-refractivity contribution is -0.118. The van der Waals surface area contributed by atoms with Crippen LogP contribution >= 0.6 is 11.8 Å². The Kier molecular flexibility index (Phi) is 4.90. The molecule has 1 atom stereocenters. The smallest absolute Gasteiger partial charge is 0.240 e. The number of ketones is 1. The van der Waals surface area contributed by atoms with Gasteiger partial charge in [0.2, 0.25) is 5.91 Å². The van der Waals surface area contributed by atoms with Gasteiger partial charge in [-0.05, 0) is 19.1 Å². The van der Waals surface area contributed by atoms with Gasteiger partial charge in [0.05, 0.1) is 17.7 Å². The molecule has 2 aromatic rings. The first kappa shape index (κ1) is 16.2. The summed E-state index contributed by atoms with van der Waals surface area (Å²) in [4.78, 5) is 24.2. The molecular formula is C17H15N3O3S. The predicted molar refractivity (Wildman–Crippen MR) is 93.4 cm³/mol. The summed E-state index contributed by atoms with van der Waals surface area (Å²) in [6.45, 7) is 1.96. The van der Waals surface area contributed by atoms with Gasteiger partial charge in [-0.15, -0.1) is 5.10 Å². The van der Waals surface area contributed by atoms with Crippen LogP contribution in [0.3, 0.4) is 0 Å². The van der Waals surface area contributed by atoms with Gasteiger partial charge < -0.3 is 9.73 Å². The molecule has 0 bridgehead atoms. The molecular weight excluding hydrogens is 326 g/mol. The monoisotopic (exact) mass is 341 g/mol. The van der Waals surface area contributed by atoms with Crippen molar-refractivity contribution in [2.45, 2.75) is 18.6 Å². The van der Waals surface area contributed by atoms with Crippen LogP contribution in [-0.4, -0.2) is 28.3 Å². The SMILES string of the molecule is Cc1ccc(C(=O)CC2S/C(=N/N=C\c3ccco3)NC2=O)cc1. The predicted octanol–water partition coefficient (Wildman–Crippen LogP) is 2.78.